The average molecular weight is 305 g/mol. The van der Waals surface area contributed by atoms with Crippen LogP contribution in [-0.2, 0) is 0 Å². The largest absolute Gasteiger partial charge is 0.397 e. The van der Waals surface area contributed by atoms with Gasteiger partial charge < -0.3 is 11.1 Å². The third-order valence-electron chi connectivity index (χ3n) is 2.57. The van der Waals surface area contributed by atoms with Crippen LogP contribution in [0.5, 0.6) is 0 Å². The Hall–Kier alpha value is -2.08. The Bertz CT molecular complexity index is 693. The van der Waals surface area contributed by atoms with Gasteiger partial charge in [0.25, 0.3) is 0 Å². The van der Waals surface area contributed by atoms with E-state index in [9.17, 15) is 0 Å². The lowest BCUT2D eigenvalue weighted by Crippen LogP contribution is -1.93. The van der Waals surface area contributed by atoms with Crippen molar-refractivity contribution in [2.75, 3.05) is 11.1 Å². The van der Waals surface area contributed by atoms with Crippen LogP contribution in [0.3, 0.4) is 0 Å². The number of hydrogen-bond donors (Lipinski definition) is 2. The molecule has 0 aliphatic carbocycles. The van der Waals surface area contributed by atoms with E-state index in [-0.39, 0.29) is 0 Å². The first-order valence-electron chi connectivity index (χ1n) is 5.27. The summed E-state index contributed by atoms with van der Waals surface area (Å²) >= 11 is 3.39. The van der Waals surface area contributed by atoms with E-state index in [1.807, 2.05) is 30.3 Å². The molecule has 18 heavy (non-hydrogen) atoms. The van der Waals surface area contributed by atoms with Crippen molar-refractivity contribution in [1.82, 2.24) is 10.3 Å². The Morgan fingerprint density at radius 2 is 1.72 bits per heavy atom. The summed E-state index contributed by atoms with van der Waals surface area (Å²) < 4.78 is 5.74. The molecule has 0 bridgehead atoms. The monoisotopic (exact) mass is 304 g/mol. The summed E-state index contributed by atoms with van der Waals surface area (Å²) in [5.74, 6) is 0. The number of hydrogen-bond acceptors (Lipinski definition) is 5. The third kappa shape index (κ3) is 1.91. The van der Waals surface area contributed by atoms with Gasteiger partial charge in [0.05, 0.1) is 11.4 Å². The standard InChI is InChI=1S/C12H9BrN4O/c13-7-1-3-8(4-2-7)15-10-6-5-9(14)11-12(10)17-18-16-11/h1-6,15H,14H2. The van der Waals surface area contributed by atoms with Gasteiger partial charge in [0, 0.05) is 10.2 Å². The number of halogens is 1. The summed E-state index contributed by atoms with van der Waals surface area (Å²) in [7, 11) is 0. The van der Waals surface area contributed by atoms with E-state index < -0.39 is 0 Å². The lowest BCUT2D eigenvalue weighted by atomic mass is 10.2. The lowest BCUT2D eigenvalue weighted by molar-refractivity contribution is 0.316. The molecule has 5 nitrogen and oxygen atoms in total. The summed E-state index contributed by atoms with van der Waals surface area (Å²) in [6.07, 6.45) is 0. The number of nitrogens with one attached hydrogen (secondary N) is 1. The summed E-state index contributed by atoms with van der Waals surface area (Å²) in [5.41, 5.74) is 9.28. The molecular formula is C12H9BrN4O. The maximum atomic E-state index is 5.79. The highest BCUT2D eigenvalue weighted by Gasteiger charge is 2.09. The molecule has 1 aromatic heterocycles. The minimum absolute atomic E-state index is 0.549. The van der Waals surface area contributed by atoms with Crippen LogP contribution in [-0.4, -0.2) is 10.3 Å². The highest BCUT2D eigenvalue weighted by atomic mass is 79.9. The van der Waals surface area contributed by atoms with Crippen molar-refractivity contribution in [2.45, 2.75) is 0 Å². The number of nitrogens with zero attached hydrogens (tertiary/aromatic N) is 2. The van der Waals surface area contributed by atoms with Crippen LogP contribution < -0.4 is 11.1 Å². The van der Waals surface area contributed by atoms with Gasteiger partial charge >= 0.3 is 0 Å². The molecule has 3 rings (SSSR count). The normalized spacial score (nSPS) is 10.7. The second-order valence-corrected chi connectivity index (χ2v) is 4.71. The first-order valence-corrected chi connectivity index (χ1v) is 6.07. The van der Waals surface area contributed by atoms with E-state index in [4.69, 9.17) is 10.4 Å². The van der Waals surface area contributed by atoms with E-state index in [2.05, 4.69) is 31.6 Å². The first-order chi connectivity index (χ1) is 8.74. The fraction of sp³-hybridized carbons (Fsp3) is 0. The number of anilines is 3. The molecule has 0 radical (unpaired) electrons. The van der Waals surface area contributed by atoms with E-state index in [1.54, 1.807) is 6.07 Å². The molecule has 3 N–H and O–H groups in total. The summed E-state index contributed by atoms with van der Waals surface area (Å²) in [6, 6.07) is 11.5. The van der Waals surface area contributed by atoms with Gasteiger partial charge in [-0.25, -0.2) is 4.63 Å². The van der Waals surface area contributed by atoms with Crippen molar-refractivity contribution in [3.8, 4) is 0 Å². The third-order valence-corrected chi connectivity index (χ3v) is 3.10. The van der Waals surface area contributed by atoms with Crippen LogP contribution in [0.4, 0.5) is 17.1 Å². The fourth-order valence-corrected chi connectivity index (χ4v) is 1.94. The number of nitrogens with two attached hydrogens (primary N) is 1. The van der Waals surface area contributed by atoms with Gasteiger partial charge in [0.15, 0.2) is 11.0 Å². The molecule has 1 heterocycles. The first kappa shape index (κ1) is 11.0. The molecule has 0 aliphatic rings. The van der Waals surface area contributed by atoms with E-state index in [0.29, 0.717) is 16.7 Å². The molecule has 0 unspecified atom stereocenters. The Labute approximate surface area is 111 Å². The second-order valence-electron chi connectivity index (χ2n) is 3.80. The molecule has 0 spiro atoms. The number of benzene rings is 2. The minimum Gasteiger partial charge on any atom is -0.397 e. The van der Waals surface area contributed by atoms with Gasteiger partial charge in [-0.05, 0) is 46.7 Å². The smallest absolute Gasteiger partial charge is 0.160 e. The predicted molar refractivity (Wildman–Crippen MR) is 73.6 cm³/mol. The average Bonchev–Trinajstić information content (AvgIpc) is 2.86. The molecule has 0 saturated heterocycles. The van der Waals surface area contributed by atoms with Crippen molar-refractivity contribution >= 4 is 44.0 Å². The van der Waals surface area contributed by atoms with E-state index in [0.717, 1.165) is 15.8 Å². The zero-order valence-corrected chi connectivity index (χ0v) is 10.8. The molecular weight excluding hydrogens is 296 g/mol. The highest BCUT2D eigenvalue weighted by Crippen LogP contribution is 2.28. The number of nitrogen functional groups attached to an aromatic ring is 1. The van der Waals surface area contributed by atoms with Crippen LogP contribution in [0.1, 0.15) is 0 Å². The summed E-state index contributed by atoms with van der Waals surface area (Å²) in [5, 5.41) is 10.9. The van der Waals surface area contributed by atoms with Gasteiger partial charge in [-0.3, -0.25) is 0 Å². The Kier molecular flexibility index (Phi) is 2.64. The SMILES string of the molecule is Nc1ccc(Nc2ccc(Br)cc2)c2nonc12. The van der Waals surface area contributed by atoms with E-state index >= 15 is 0 Å². The fourth-order valence-electron chi connectivity index (χ4n) is 1.68. The van der Waals surface area contributed by atoms with E-state index in [1.165, 1.54) is 0 Å². The van der Waals surface area contributed by atoms with Crippen LogP contribution in [0.15, 0.2) is 45.5 Å². The maximum Gasteiger partial charge on any atom is 0.160 e. The summed E-state index contributed by atoms with van der Waals surface area (Å²) in [6.45, 7) is 0. The number of rotatable bonds is 2. The van der Waals surface area contributed by atoms with Crippen molar-refractivity contribution in [3.05, 3.63) is 40.9 Å². The van der Waals surface area contributed by atoms with Crippen LogP contribution >= 0.6 is 15.9 Å². The van der Waals surface area contributed by atoms with Crippen molar-refractivity contribution in [3.63, 3.8) is 0 Å². The molecule has 90 valence electrons. The maximum absolute atomic E-state index is 5.79. The molecule has 0 aliphatic heterocycles. The van der Waals surface area contributed by atoms with Gasteiger partial charge in [-0.1, -0.05) is 15.9 Å². The van der Waals surface area contributed by atoms with Crippen molar-refractivity contribution in [2.24, 2.45) is 0 Å². The van der Waals surface area contributed by atoms with Crippen LogP contribution in [0, 0.1) is 0 Å². The van der Waals surface area contributed by atoms with Gasteiger partial charge in [0.2, 0.25) is 0 Å². The Morgan fingerprint density at radius 3 is 2.50 bits per heavy atom. The van der Waals surface area contributed by atoms with Crippen LogP contribution in [0.25, 0.3) is 11.0 Å². The number of fused-ring (bicyclic) bond motifs is 1. The molecule has 6 heteroatoms. The zero-order valence-electron chi connectivity index (χ0n) is 9.22. The highest BCUT2D eigenvalue weighted by molar-refractivity contribution is 9.10. The van der Waals surface area contributed by atoms with Crippen LogP contribution in [0.2, 0.25) is 0 Å². The number of aromatic nitrogens is 2. The van der Waals surface area contributed by atoms with Crippen molar-refractivity contribution < 1.29 is 4.63 Å². The summed E-state index contributed by atoms with van der Waals surface area (Å²) in [4.78, 5) is 0. The topological polar surface area (TPSA) is 77.0 Å². The van der Waals surface area contributed by atoms with Gasteiger partial charge in [-0.2, -0.15) is 0 Å². The zero-order chi connectivity index (χ0) is 12.5. The Morgan fingerprint density at radius 1 is 1.00 bits per heavy atom. The van der Waals surface area contributed by atoms with Crippen molar-refractivity contribution in [1.29, 1.82) is 0 Å². The van der Waals surface area contributed by atoms with Gasteiger partial charge in [0.1, 0.15) is 0 Å². The lowest BCUT2D eigenvalue weighted by Gasteiger charge is -2.06. The molecule has 0 fully saturated rings. The Balaban J connectivity index is 2.02. The minimum atomic E-state index is 0.549. The predicted octanol–water partition coefficient (Wildman–Crippen LogP) is 3.31. The molecule has 2 aromatic carbocycles. The quantitative estimate of drug-likeness (QED) is 0.710. The molecule has 0 atom stereocenters. The molecule has 0 saturated carbocycles. The molecule has 0 amide bonds. The van der Waals surface area contributed by atoms with Gasteiger partial charge in [-0.15, -0.1) is 0 Å². The second kappa shape index (κ2) is 4.30. The molecule has 3 aromatic rings.